The van der Waals surface area contributed by atoms with Crippen LogP contribution in [0.3, 0.4) is 0 Å². The number of aromatic nitrogens is 1. The average Bonchev–Trinajstić information content (AvgIpc) is 2.39. The summed E-state index contributed by atoms with van der Waals surface area (Å²) in [5, 5.41) is 9.75. The summed E-state index contributed by atoms with van der Waals surface area (Å²) in [5.74, 6) is 0.724. The zero-order valence-electron chi connectivity index (χ0n) is 9.25. The molecule has 0 aliphatic heterocycles. The summed E-state index contributed by atoms with van der Waals surface area (Å²) >= 11 is 0. The summed E-state index contributed by atoms with van der Waals surface area (Å²) in [6.07, 6.45) is 2.31. The fourth-order valence-corrected chi connectivity index (χ4v) is 1.52. The zero-order valence-corrected chi connectivity index (χ0v) is 9.25. The number of aldehydes is 1. The van der Waals surface area contributed by atoms with Gasteiger partial charge in [-0.3, -0.25) is 9.78 Å². The number of aromatic hydroxyl groups is 1. The van der Waals surface area contributed by atoms with Crippen LogP contribution in [-0.2, 0) is 0 Å². The van der Waals surface area contributed by atoms with E-state index in [1.54, 1.807) is 37.6 Å². The highest BCUT2D eigenvalue weighted by molar-refractivity contribution is 5.80. The van der Waals surface area contributed by atoms with Crippen LogP contribution in [0.4, 0.5) is 0 Å². The molecule has 0 aliphatic rings. The van der Waals surface area contributed by atoms with Crippen LogP contribution in [0.15, 0.2) is 36.5 Å². The molecule has 1 aromatic heterocycles. The highest BCUT2D eigenvalue weighted by Gasteiger charge is 2.07. The Labute approximate surface area is 98.5 Å². The molecule has 86 valence electrons. The molecule has 0 fully saturated rings. The maximum atomic E-state index is 10.7. The van der Waals surface area contributed by atoms with Crippen molar-refractivity contribution < 1.29 is 14.6 Å². The normalized spacial score (nSPS) is 9.94. The Kier molecular flexibility index (Phi) is 3.05. The molecule has 4 heteroatoms. The molecule has 0 saturated carbocycles. The molecule has 0 atom stereocenters. The van der Waals surface area contributed by atoms with Crippen LogP contribution in [-0.4, -0.2) is 23.5 Å². The van der Waals surface area contributed by atoms with Crippen LogP contribution < -0.4 is 4.74 Å². The van der Waals surface area contributed by atoms with Gasteiger partial charge >= 0.3 is 0 Å². The van der Waals surface area contributed by atoms with Gasteiger partial charge in [0.15, 0.2) is 0 Å². The van der Waals surface area contributed by atoms with Gasteiger partial charge in [0.25, 0.3) is 0 Å². The second kappa shape index (κ2) is 4.65. The van der Waals surface area contributed by atoms with E-state index in [0.717, 1.165) is 6.29 Å². The molecule has 0 saturated heterocycles. The first-order valence-corrected chi connectivity index (χ1v) is 5.03. The minimum Gasteiger partial charge on any atom is -0.507 e. The number of hydrogen-bond donors (Lipinski definition) is 1. The standard InChI is InChI=1S/C13H11NO3/c1-17-10-4-5-14-12(7-10)11-6-9(8-15)2-3-13(11)16/h2-8,16H,1H3. The lowest BCUT2D eigenvalue weighted by molar-refractivity contribution is 0.112. The van der Waals surface area contributed by atoms with E-state index in [2.05, 4.69) is 4.98 Å². The van der Waals surface area contributed by atoms with E-state index in [9.17, 15) is 9.90 Å². The van der Waals surface area contributed by atoms with Crippen molar-refractivity contribution in [3.8, 4) is 22.8 Å². The molecule has 1 heterocycles. The van der Waals surface area contributed by atoms with Gasteiger partial charge in [0.05, 0.1) is 12.8 Å². The molecule has 0 spiro atoms. The SMILES string of the molecule is COc1ccnc(-c2cc(C=O)ccc2O)c1. The molecule has 1 aromatic carbocycles. The number of ether oxygens (including phenoxy) is 1. The molecule has 2 aromatic rings. The Balaban J connectivity index is 2.54. The maximum absolute atomic E-state index is 10.7. The highest BCUT2D eigenvalue weighted by atomic mass is 16.5. The summed E-state index contributed by atoms with van der Waals surface area (Å²) in [4.78, 5) is 14.8. The van der Waals surface area contributed by atoms with Gasteiger partial charge in [0, 0.05) is 23.4 Å². The molecule has 17 heavy (non-hydrogen) atoms. The molecule has 2 rings (SSSR count). The third-order valence-corrected chi connectivity index (χ3v) is 2.40. The van der Waals surface area contributed by atoms with Gasteiger partial charge in [0.1, 0.15) is 17.8 Å². The number of nitrogens with zero attached hydrogens (tertiary/aromatic N) is 1. The van der Waals surface area contributed by atoms with Gasteiger partial charge in [-0.2, -0.15) is 0 Å². The molecule has 0 amide bonds. The number of carbonyl (C=O) groups excluding carboxylic acids is 1. The summed E-state index contributed by atoms with van der Waals surface area (Å²) < 4.78 is 5.08. The fraction of sp³-hybridized carbons (Fsp3) is 0.0769. The summed E-state index contributed by atoms with van der Waals surface area (Å²) in [5.41, 5.74) is 1.56. The van der Waals surface area contributed by atoms with Gasteiger partial charge in [0.2, 0.25) is 0 Å². The second-order valence-corrected chi connectivity index (χ2v) is 3.48. The predicted octanol–water partition coefficient (Wildman–Crippen LogP) is 2.28. The molecule has 0 aliphatic carbocycles. The summed E-state index contributed by atoms with van der Waals surface area (Å²) in [6.45, 7) is 0. The number of carbonyl (C=O) groups is 1. The van der Waals surface area contributed by atoms with E-state index in [4.69, 9.17) is 4.74 Å². The first kappa shape index (κ1) is 11.1. The van der Waals surface area contributed by atoms with E-state index < -0.39 is 0 Å². The number of rotatable bonds is 3. The molecule has 4 nitrogen and oxygen atoms in total. The third-order valence-electron chi connectivity index (χ3n) is 2.40. The van der Waals surface area contributed by atoms with Crippen molar-refractivity contribution in [3.63, 3.8) is 0 Å². The largest absolute Gasteiger partial charge is 0.507 e. The van der Waals surface area contributed by atoms with E-state index in [1.807, 2.05) is 0 Å². The van der Waals surface area contributed by atoms with Gasteiger partial charge < -0.3 is 9.84 Å². The van der Waals surface area contributed by atoms with Gasteiger partial charge in [-0.05, 0) is 24.3 Å². The fourth-order valence-electron chi connectivity index (χ4n) is 1.52. The Bertz CT molecular complexity index is 552. The van der Waals surface area contributed by atoms with Crippen molar-refractivity contribution in [1.29, 1.82) is 0 Å². The lowest BCUT2D eigenvalue weighted by Gasteiger charge is -2.06. The molecule has 1 N–H and O–H groups in total. The van der Waals surface area contributed by atoms with E-state index in [0.29, 0.717) is 22.6 Å². The van der Waals surface area contributed by atoms with Crippen LogP contribution in [0.25, 0.3) is 11.3 Å². The Morgan fingerprint density at radius 2 is 2.12 bits per heavy atom. The van der Waals surface area contributed by atoms with Crippen LogP contribution in [0.5, 0.6) is 11.5 Å². The molecular weight excluding hydrogens is 218 g/mol. The lowest BCUT2D eigenvalue weighted by atomic mass is 10.1. The maximum Gasteiger partial charge on any atom is 0.150 e. The molecule has 0 radical (unpaired) electrons. The number of hydrogen-bond acceptors (Lipinski definition) is 4. The number of pyridine rings is 1. The first-order valence-electron chi connectivity index (χ1n) is 5.03. The van der Waals surface area contributed by atoms with Gasteiger partial charge in [-0.15, -0.1) is 0 Å². The first-order chi connectivity index (χ1) is 8.24. The average molecular weight is 229 g/mol. The number of methoxy groups -OCH3 is 1. The Morgan fingerprint density at radius 3 is 2.82 bits per heavy atom. The molecular formula is C13H11NO3. The van der Waals surface area contributed by atoms with Gasteiger partial charge in [-0.25, -0.2) is 0 Å². The third kappa shape index (κ3) is 2.25. The van der Waals surface area contributed by atoms with E-state index >= 15 is 0 Å². The smallest absolute Gasteiger partial charge is 0.150 e. The zero-order chi connectivity index (χ0) is 12.3. The van der Waals surface area contributed by atoms with Gasteiger partial charge in [-0.1, -0.05) is 0 Å². The monoisotopic (exact) mass is 229 g/mol. The van der Waals surface area contributed by atoms with Crippen LogP contribution in [0.1, 0.15) is 10.4 Å². The predicted molar refractivity (Wildman–Crippen MR) is 63.3 cm³/mol. The minimum atomic E-state index is 0.0800. The number of phenolic OH excluding ortho intramolecular Hbond substituents is 1. The van der Waals surface area contributed by atoms with Crippen molar-refractivity contribution in [2.45, 2.75) is 0 Å². The second-order valence-electron chi connectivity index (χ2n) is 3.48. The molecule has 0 bridgehead atoms. The van der Waals surface area contributed by atoms with Crippen molar-refractivity contribution in [3.05, 3.63) is 42.1 Å². The van der Waals surface area contributed by atoms with Crippen molar-refractivity contribution in [2.75, 3.05) is 7.11 Å². The number of benzene rings is 1. The van der Waals surface area contributed by atoms with Crippen LogP contribution in [0, 0.1) is 0 Å². The number of phenols is 1. The van der Waals surface area contributed by atoms with Crippen molar-refractivity contribution >= 4 is 6.29 Å². The van der Waals surface area contributed by atoms with Crippen molar-refractivity contribution in [1.82, 2.24) is 4.98 Å². The highest BCUT2D eigenvalue weighted by Crippen LogP contribution is 2.29. The van der Waals surface area contributed by atoms with Crippen LogP contribution >= 0.6 is 0 Å². The quantitative estimate of drug-likeness (QED) is 0.820. The van der Waals surface area contributed by atoms with Crippen molar-refractivity contribution in [2.24, 2.45) is 0 Å². The van der Waals surface area contributed by atoms with E-state index in [1.165, 1.54) is 6.07 Å². The van der Waals surface area contributed by atoms with E-state index in [-0.39, 0.29) is 5.75 Å². The summed E-state index contributed by atoms with van der Waals surface area (Å²) in [7, 11) is 1.56. The molecule has 0 unspecified atom stereocenters. The lowest BCUT2D eigenvalue weighted by Crippen LogP contribution is -1.89. The minimum absolute atomic E-state index is 0.0800. The topological polar surface area (TPSA) is 59.4 Å². The summed E-state index contributed by atoms with van der Waals surface area (Å²) in [6, 6.07) is 8.02. The Hall–Kier alpha value is -2.36. The van der Waals surface area contributed by atoms with Crippen LogP contribution in [0.2, 0.25) is 0 Å². The Morgan fingerprint density at radius 1 is 1.29 bits per heavy atom.